The number of nitrogens with one attached hydrogen (secondary N) is 1. The van der Waals surface area contributed by atoms with Crippen LogP contribution in [0.5, 0.6) is 5.75 Å². The van der Waals surface area contributed by atoms with E-state index < -0.39 is 0 Å². The van der Waals surface area contributed by atoms with Crippen LogP contribution in [0, 0.1) is 6.92 Å². The second-order valence-electron chi connectivity index (χ2n) is 2.99. The summed E-state index contributed by atoms with van der Waals surface area (Å²) < 4.78 is 0. The van der Waals surface area contributed by atoms with Crippen LogP contribution in [0.3, 0.4) is 0 Å². The summed E-state index contributed by atoms with van der Waals surface area (Å²) in [7, 11) is 0. The molecule has 0 saturated carbocycles. The Morgan fingerprint density at radius 3 is 2.85 bits per heavy atom. The standard InChI is InChI=1S/C10H13NO2/c1-7-4-3-5-9(10(7)13)6-11-8(2)12/h3-5,13H,6H2,1-2H3,(H,11,12). The molecule has 1 aromatic rings. The van der Waals surface area contributed by atoms with Crippen molar-refractivity contribution in [2.24, 2.45) is 0 Å². The molecule has 0 heterocycles. The summed E-state index contributed by atoms with van der Waals surface area (Å²) in [5.41, 5.74) is 1.57. The third kappa shape index (κ3) is 2.47. The van der Waals surface area contributed by atoms with E-state index in [-0.39, 0.29) is 11.7 Å². The van der Waals surface area contributed by atoms with Gasteiger partial charge in [0.05, 0.1) is 0 Å². The molecular formula is C10H13NO2. The number of aryl methyl sites for hydroxylation is 1. The largest absolute Gasteiger partial charge is 0.507 e. The Labute approximate surface area is 77.4 Å². The number of phenols is 1. The van der Waals surface area contributed by atoms with Crippen molar-refractivity contribution >= 4 is 5.91 Å². The van der Waals surface area contributed by atoms with Crippen LogP contribution in [0.15, 0.2) is 18.2 Å². The molecule has 70 valence electrons. The zero-order chi connectivity index (χ0) is 9.84. The molecule has 0 atom stereocenters. The molecule has 0 aromatic heterocycles. The quantitative estimate of drug-likeness (QED) is 0.719. The Bertz CT molecular complexity index is 321. The molecule has 3 nitrogen and oxygen atoms in total. The maximum atomic E-state index is 10.6. The number of para-hydroxylation sites is 1. The Morgan fingerprint density at radius 1 is 1.54 bits per heavy atom. The fourth-order valence-electron chi connectivity index (χ4n) is 1.08. The van der Waals surface area contributed by atoms with E-state index in [1.165, 1.54) is 6.92 Å². The van der Waals surface area contributed by atoms with E-state index in [0.29, 0.717) is 6.54 Å². The van der Waals surface area contributed by atoms with E-state index in [4.69, 9.17) is 0 Å². The molecule has 0 unspecified atom stereocenters. The number of rotatable bonds is 2. The van der Waals surface area contributed by atoms with Gasteiger partial charge in [0.25, 0.3) is 0 Å². The Kier molecular flexibility index (Phi) is 2.90. The Hall–Kier alpha value is -1.51. The fraction of sp³-hybridized carbons (Fsp3) is 0.300. The van der Waals surface area contributed by atoms with Crippen molar-refractivity contribution in [2.75, 3.05) is 0 Å². The molecule has 3 heteroatoms. The normalized spacial score (nSPS) is 9.69. The van der Waals surface area contributed by atoms with Gasteiger partial charge in [-0.1, -0.05) is 18.2 Å². The number of hydrogen-bond donors (Lipinski definition) is 2. The van der Waals surface area contributed by atoms with Crippen molar-refractivity contribution < 1.29 is 9.90 Å². The van der Waals surface area contributed by atoms with E-state index >= 15 is 0 Å². The highest BCUT2D eigenvalue weighted by molar-refractivity contribution is 5.72. The summed E-state index contributed by atoms with van der Waals surface area (Å²) in [5.74, 6) is 0.164. The van der Waals surface area contributed by atoms with Crippen LogP contribution >= 0.6 is 0 Å². The van der Waals surface area contributed by atoms with Crippen molar-refractivity contribution in [3.05, 3.63) is 29.3 Å². The topological polar surface area (TPSA) is 49.3 Å². The minimum absolute atomic E-state index is 0.0964. The molecule has 0 bridgehead atoms. The molecule has 0 saturated heterocycles. The van der Waals surface area contributed by atoms with E-state index in [1.807, 2.05) is 19.1 Å². The van der Waals surface area contributed by atoms with Crippen LogP contribution in [0.2, 0.25) is 0 Å². The van der Waals surface area contributed by atoms with Crippen LogP contribution in [0.4, 0.5) is 0 Å². The van der Waals surface area contributed by atoms with Crippen LogP contribution in [0.1, 0.15) is 18.1 Å². The number of carbonyl (C=O) groups is 1. The van der Waals surface area contributed by atoms with Gasteiger partial charge in [0.15, 0.2) is 0 Å². The van der Waals surface area contributed by atoms with Crippen molar-refractivity contribution in [2.45, 2.75) is 20.4 Å². The number of phenolic OH excluding ortho intramolecular Hbond substituents is 1. The van der Waals surface area contributed by atoms with Gasteiger partial charge < -0.3 is 10.4 Å². The molecule has 1 amide bonds. The van der Waals surface area contributed by atoms with Crippen molar-refractivity contribution in [1.82, 2.24) is 5.32 Å². The number of benzene rings is 1. The van der Waals surface area contributed by atoms with Gasteiger partial charge in [-0.05, 0) is 12.5 Å². The summed E-state index contributed by atoms with van der Waals surface area (Å²) in [4.78, 5) is 10.6. The van der Waals surface area contributed by atoms with Crippen LogP contribution in [-0.2, 0) is 11.3 Å². The minimum Gasteiger partial charge on any atom is -0.507 e. The zero-order valence-electron chi connectivity index (χ0n) is 7.79. The molecule has 0 spiro atoms. The van der Waals surface area contributed by atoms with Gasteiger partial charge in [-0.3, -0.25) is 4.79 Å². The van der Waals surface area contributed by atoms with Crippen molar-refractivity contribution in [3.63, 3.8) is 0 Å². The van der Waals surface area contributed by atoms with Gasteiger partial charge in [0.1, 0.15) is 5.75 Å². The smallest absolute Gasteiger partial charge is 0.217 e. The van der Waals surface area contributed by atoms with Crippen LogP contribution < -0.4 is 5.32 Å². The van der Waals surface area contributed by atoms with Gasteiger partial charge in [0.2, 0.25) is 5.91 Å². The lowest BCUT2D eigenvalue weighted by Crippen LogP contribution is -2.18. The highest BCUT2D eigenvalue weighted by atomic mass is 16.3. The Morgan fingerprint density at radius 2 is 2.23 bits per heavy atom. The molecule has 0 fully saturated rings. The lowest BCUT2D eigenvalue weighted by atomic mass is 10.1. The van der Waals surface area contributed by atoms with E-state index in [9.17, 15) is 9.90 Å². The number of amides is 1. The predicted octanol–water partition coefficient (Wildman–Crippen LogP) is 1.34. The molecule has 13 heavy (non-hydrogen) atoms. The lowest BCUT2D eigenvalue weighted by Gasteiger charge is -2.06. The maximum Gasteiger partial charge on any atom is 0.217 e. The first-order chi connectivity index (χ1) is 6.11. The molecule has 2 N–H and O–H groups in total. The van der Waals surface area contributed by atoms with Crippen molar-refractivity contribution in [1.29, 1.82) is 0 Å². The van der Waals surface area contributed by atoms with Crippen molar-refractivity contribution in [3.8, 4) is 5.75 Å². The van der Waals surface area contributed by atoms with E-state index in [0.717, 1.165) is 11.1 Å². The van der Waals surface area contributed by atoms with Gasteiger partial charge in [-0.15, -0.1) is 0 Å². The second kappa shape index (κ2) is 3.94. The first-order valence-electron chi connectivity index (χ1n) is 4.13. The third-order valence-corrected chi connectivity index (χ3v) is 1.85. The molecule has 0 aliphatic heterocycles. The van der Waals surface area contributed by atoms with E-state index in [1.54, 1.807) is 6.07 Å². The van der Waals surface area contributed by atoms with Gasteiger partial charge in [-0.25, -0.2) is 0 Å². The summed E-state index contributed by atoms with van der Waals surface area (Å²) in [6.45, 7) is 3.66. The highest BCUT2D eigenvalue weighted by Crippen LogP contribution is 2.20. The monoisotopic (exact) mass is 179 g/mol. The number of aromatic hydroxyl groups is 1. The summed E-state index contributed by atoms with van der Waals surface area (Å²) in [6, 6.07) is 5.47. The van der Waals surface area contributed by atoms with E-state index in [2.05, 4.69) is 5.32 Å². The molecule has 0 aliphatic rings. The lowest BCUT2D eigenvalue weighted by molar-refractivity contribution is -0.119. The first-order valence-corrected chi connectivity index (χ1v) is 4.13. The Balaban J connectivity index is 2.77. The second-order valence-corrected chi connectivity index (χ2v) is 2.99. The summed E-state index contributed by atoms with van der Waals surface area (Å²) in [6.07, 6.45) is 0. The van der Waals surface area contributed by atoms with Crippen LogP contribution in [-0.4, -0.2) is 11.0 Å². The summed E-state index contributed by atoms with van der Waals surface area (Å²) >= 11 is 0. The SMILES string of the molecule is CC(=O)NCc1cccc(C)c1O. The number of carbonyl (C=O) groups excluding carboxylic acids is 1. The molecule has 0 aliphatic carbocycles. The van der Waals surface area contributed by atoms with Gasteiger partial charge in [0, 0.05) is 19.0 Å². The molecule has 0 radical (unpaired) electrons. The highest BCUT2D eigenvalue weighted by Gasteiger charge is 2.02. The number of hydrogen-bond acceptors (Lipinski definition) is 2. The minimum atomic E-state index is -0.0964. The maximum absolute atomic E-state index is 10.6. The first kappa shape index (κ1) is 9.58. The van der Waals surface area contributed by atoms with Crippen LogP contribution in [0.25, 0.3) is 0 Å². The average molecular weight is 179 g/mol. The molecule has 1 rings (SSSR count). The average Bonchev–Trinajstić information content (AvgIpc) is 2.07. The van der Waals surface area contributed by atoms with Gasteiger partial charge in [-0.2, -0.15) is 0 Å². The molecule has 1 aromatic carbocycles. The fourth-order valence-corrected chi connectivity index (χ4v) is 1.08. The predicted molar refractivity (Wildman–Crippen MR) is 50.4 cm³/mol. The molecular weight excluding hydrogens is 166 g/mol. The third-order valence-electron chi connectivity index (χ3n) is 1.85. The summed E-state index contributed by atoms with van der Waals surface area (Å²) in [5, 5.41) is 12.2. The zero-order valence-corrected chi connectivity index (χ0v) is 7.79. The van der Waals surface area contributed by atoms with Gasteiger partial charge >= 0.3 is 0 Å².